The van der Waals surface area contributed by atoms with Crippen molar-refractivity contribution in [3.8, 4) is 5.75 Å². The van der Waals surface area contributed by atoms with E-state index in [1.807, 2.05) is 36.4 Å². The summed E-state index contributed by atoms with van der Waals surface area (Å²) in [5.74, 6) is 0.804. The van der Waals surface area contributed by atoms with Crippen molar-refractivity contribution in [1.82, 2.24) is 0 Å². The Morgan fingerprint density at radius 1 is 1.11 bits per heavy atom. The zero-order valence-corrected chi connectivity index (χ0v) is 14.1. The first-order valence-electron chi connectivity index (χ1n) is 5.61. The van der Waals surface area contributed by atoms with E-state index < -0.39 is 0 Å². The van der Waals surface area contributed by atoms with E-state index >= 15 is 0 Å². The number of methoxy groups -OCH3 is 1. The fraction of sp³-hybridized carbons (Fsp3) is 0.143. The van der Waals surface area contributed by atoms with Crippen molar-refractivity contribution < 1.29 is 4.74 Å². The molecule has 1 N–H and O–H groups in total. The van der Waals surface area contributed by atoms with E-state index in [2.05, 4.69) is 37.2 Å². The van der Waals surface area contributed by atoms with Gasteiger partial charge in [-0.1, -0.05) is 17.7 Å². The Morgan fingerprint density at radius 3 is 2.53 bits per heavy atom. The van der Waals surface area contributed by atoms with E-state index in [1.165, 1.54) is 0 Å². The van der Waals surface area contributed by atoms with E-state index in [0.29, 0.717) is 11.6 Å². The highest BCUT2D eigenvalue weighted by Gasteiger charge is 2.02. The van der Waals surface area contributed by atoms with Crippen LogP contribution in [0.15, 0.2) is 45.3 Å². The van der Waals surface area contributed by atoms with Gasteiger partial charge < -0.3 is 10.1 Å². The zero-order chi connectivity index (χ0) is 13.8. The number of hydrogen-bond acceptors (Lipinski definition) is 2. The van der Waals surface area contributed by atoms with Crippen LogP contribution in [0.1, 0.15) is 5.56 Å². The minimum absolute atomic E-state index is 0.706. The van der Waals surface area contributed by atoms with Crippen LogP contribution in [-0.2, 0) is 6.54 Å². The van der Waals surface area contributed by atoms with Gasteiger partial charge >= 0.3 is 0 Å². The molecule has 19 heavy (non-hydrogen) atoms. The predicted octanol–water partition coefficient (Wildman–Crippen LogP) is 5.49. The van der Waals surface area contributed by atoms with Crippen LogP contribution in [0.25, 0.3) is 0 Å². The third-order valence-corrected chi connectivity index (χ3v) is 4.52. The van der Waals surface area contributed by atoms with E-state index in [4.69, 9.17) is 16.3 Å². The lowest BCUT2D eigenvalue weighted by molar-refractivity contribution is 0.412. The Labute approximate surface area is 134 Å². The molecule has 2 nitrogen and oxygen atoms in total. The van der Waals surface area contributed by atoms with Gasteiger partial charge in [-0.3, -0.25) is 0 Å². The number of halogens is 3. The number of benzene rings is 2. The van der Waals surface area contributed by atoms with Crippen molar-refractivity contribution in [3.63, 3.8) is 0 Å². The zero-order valence-electron chi connectivity index (χ0n) is 10.2. The maximum atomic E-state index is 6.06. The molecule has 0 heterocycles. The van der Waals surface area contributed by atoms with E-state index in [9.17, 15) is 0 Å². The highest BCUT2D eigenvalue weighted by atomic mass is 79.9. The minimum atomic E-state index is 0.706. The Hall–Kier alpha value is -0.710. The van der Waals surface area contributed by atoms with Crippen LogP contribution in [0.2, 0.25) is 5.02 Å². The molecule has 0 aliphatic heterocycles. The number of anilines is 1. The summed E-state index contributed by atoms with van der Waals surface area (Å²) in [7, 11) is 1.65. The summed E-state index contributed by atoms with van der Waals surface area (Å²) >= 11 is 12.9. The maximum Gasteiger partial charge on any atom is 0.135 e. The van der Waals surface area contributed by atoms with Gasteiger partial charge in [-0.2, -0.15) is 0 Å². The van der Waals surface area contributed by atoms with Gasteiger partial charge in [0, 0.05) is 22.8 Å². The van der Waals surface area contributed by atoms with Crippen LogP contribution >= 0.6 is 43.5 Å². The summed E-state index contributed by atoms with van der Waals surface area (Å²) in [6, 6.07) is 11.8. The molecule has 0 aromatic heterocycles. The molecule has 0 saturated heterocycles. The summed E-state index contributed by atoms with van der Waals surface area (Å²) in [4.78, 5) is 0. The Kier molecular flexibility index (Phi) is 5.13. The van der Waals surface area contributed by atoms with Gasteiger partial charge in [0.15, 0.2) is 0 Å². The topological polar surface area (TPSA) is 21.3 Å². The van der Waals surface area contributed by atoms with Crippen LogP contribution in [-0.4, -0.2) is 7.11 Å². The standard InChI is InChI=1S/C14H12Br2ClNO/c1-19-14-7-10(3-5-12(14)16)18-8-9-2-4-11(15)13(17)6-9/h2-7,18H,8H2,1H3. The average molecular weight is 406 g/mol. The molecule has 2 aromatic rings. The molecule has 0 fully saturated rings. The highest BCUT2D eigenvalue weighted by Crippen LogP contribution is 2.28. The second-order valence-corrected chi connectivity index (χ2v) is 6.07. The Morgan fingerprint density at radius 2 is 1.84 bits per heavy atom. The van der Waals surface area contributed by atoms with Crippen LogP contribution in [0.3, 0.4) is 0 Å². The van der Waals surface area contributed by atoms with Crippen molar-refractivity contribution in [3.05, 3.63) is 55.9 Å². The number of nitrogens with one attached hydrogen (secondary N) is 1. The quantitative estimate of drug-likeness (QED) is 0.727. The smallest absolute Gasteiger partial charge is 0.135 e. The van der Waals surface area contributed by atoms with E-state index in [-0.39, 0.29) is 0 Å². The lowest BCUT2D eigenvalue weighted by Gasteiger charge is -2.10. The summed E-state index contributed by atoms with van der Waals surface area (Å²) in [5, 5.41) is 4.05. The Balaban J connectivity index is 2.07. The minimum Gasteiger partial charge on any atom is -0.495 e. The van der Waals surface area contributed by atoms with Gasteiger partial charge in [-0.15, -0.1) is 0 Å². The van der Waals surface area contributed by atoms with Gasteiger partial charge in [0.05, 0.1) is 16.6 Å². The predicted molar refractivity (Wildman–Crippen MR) is 87.2 cm³/mol. The molecule has 0 atom stereocenters. The summed E-state index contributed by atoms with van der Waals surface area (Å²) in [6.45, 7) is 0.706. The molecule has 2 aromatic carbocycles. The number of ether oxygens (including phenoxy) is 1. The van der Waals surface area contributed by atoms with Gasteiger partial charge in [0.2, 0.25) is 0 Å². The van der Waals surface area contributed by atoms with E-state index in [0.717, 1.165) is 25.9 Å². The molecule has 0 aliphatic carbocycles. The first kappa shape index (κ1) is 14.7. The van der Waals surface area contributed by atoms with Gasteiger partial charge in [-0.25, -0.2) is 0 Å². The van der Waals surface area contributed by atoms with Gasteiger partial charge in [-0.05, 0) is 61.7 Å². The van der Waals surface area contributed by atoms with Crippen LogP contribution in [0, 0.1) is 0 Å². The van der Waals surface area contributed by atoms with Gasteiger partial charge in [0.25, 0.3) is 0 Å². The van der Waals surface area contributed by atoms with Crippen LogP contribution < -0.4 is 10.1 Å². The van der Waals surface area contributed by atoms with Crippen molar-refractivity contribution in [1.29, 1.82) is 0 Å². The Bertz CT molecular complexity index is 590. The summed E-state index contributed by atoms with van der Waals surface area (Å²) in [5.41, 5.74) is 2.12. The molecule has 0 aliphatic rings. The number of hydrogen-bond donors (Lipinski definition) is 1. The molecule has 5 heteroatoms. The first-order chi connectivity index (χ1) is 9.10. The summed E-state index contributed by atoms with van der Waals surface area (Å²) < 4.78 is 7.10. The monoisotopic (exact) mass is 403 g/mol. The highest BCUT2D eigenvalue weighted by molar-refractivity contribution is 9.10. The molecular formula is C14H12Br2ClNO. The lowest BCUT2D eigenvalue weighted by atomic mass is 10.2. The summed E-state index contributed by atoms with van der Waals surface area (Å²) in [6.07, 6.45) is 0. The van der Waals surface area contributed by atoms with Crippen LogP contribution in [0.4, 0.5) is 5.69 Å². The molecule has 0 saturated carbocycles. The van der Waals surface area contributed by atoms with Crippen molar-refractivity contribution >= 4 is 49.1 Å². The third kappa shape index (κ3) is 3.88. The van der Waals surface area contributed by atoms with Gasteiger partial charge in [0.1, 0.15) is 5.75 Å². The molecule has 0 spiro atoms. The normalized spacial score (nSPS) is 10.3. The molecule has 0 amide bonds. The fourth-order valence-electron chi connectivity index (χ4n) is 1.62. The van der Waals surface area contributed by atoms with E-state index in [1.54, 1.807) is 7.11 Å². The molecule has 0 bridgehead atoms. The molecular weight excluding hydrogens is 393 g/mol. The second-order valence-electron chi connectivity index (χ2n) is 3.95. The largest absolute Gasteiger partial charge is 0.495 e. The van der Waals surface area contributed by atoms with Crippen molar-refractivity contribution in [2.45, 2.75) is 6.54 Å². The maximum absolute atomic E-state index is 6.06. The third-order valence-electron chi connectivity index (χ3n) is 2.63. The average Bonchev–Trinajstić information content (AvgIpc) is 2.41. The van der Waals surface area contributed by atoms with Crippen molar-refractivity contribution in [2.24, 2.45) is 0 Å². The van der Waals surface area contributed by atoms with Crippen molar-refractivity contribution in [2.75, 3.05) is 12.4 Å². The molecule has 100 valence electrons. The lowest BCUT2D eigenvalue weighted by Crippen LogP contribution is -1.99. The molecule has 0 unspecified atom stereocenters. The second kappa shape index (κ2) is 6.64. The van der Waals surface area contributed by atoms with Crippen LogP contribution in [0.5, 0.6) is 5.75 Å². The fourth-order valence-corrected chi connectivity index (χ4v) is 2.48. The first-order valence-corrected chi connectivity index (χ1v) is 7.58. The number of rotatable bonds is 4. The molecule has 0 radical (unpaired) electrons. The molecule has 2 rings (SSSR count). The SMILES string of the molecule is COc1cc(NCc2ccc(Br)c(Cl)c2)ccc1Br.